The molecule has 2 aromatic rings. The normalized spacial score (nSPS) is 24.5. The Labute approximate surface area is 281 Å². The molecule has 0 radical (unpaired) electrons. The van der Waals surface area contributed by atoms with Gasteiger partial charge in [0.25, 0.3) is 0 Å². The Morgan fingerprint density at radius 1 is 0.917 bits per heavy atom. The predicted octanol–water partition coefficient (Wildman–Crippen LogP) is 2.59. The Kier molecular flexibility index (Phi) is 9.98. The molecule has 0 bridgehead atoms. The third-order valence-electron chi connectivity index (χ3n) is 10.3. The highest BCUT2D eigenvalue weighted by atomic mass is 16.6. The molecule has 4 heterocycles. The lowest BCUT2D eigenvalue weighted by molar-refractivity contribution is -0.143. The number of ether oxygens (including phenoxy) is 2. The number of fused-ring (bicyclic) bond motifs is 1. The molecule has 1 unspecified atom stereocenters. The smallest absolute Gasteiger partial charge is 0.410 e. The van der Waals surface area contributed by atoms with E-state index in [1.807, 2.05) is 43.9 Å². The molecule has 13 heteroatoms. The Balaban J connectivity index is 0.887. The van der Waals surface area contributed by atoms with Gasteiger partial charge in [-0.3, -0.25) is 28.8 Å². The van der Waals surface area contributed by atoms with Gasteiger partial charge in [0.1, 0.15) is 11.6 Å². The van der Waals surface area contributed by atoms with Gasteiger partial charge in [0.15, 0.2) is 0 Å². The largest absolute Gasteiger partial charge is 0.444 e. The Morgan fingerprint density at radius 3 is 2.27 bits per heavy atom. The molecule has 13 nitrogen and oxygen atoms in total. The zero-order valence-corrected chi connectivity index (χ0v) is 28.7. The van der Waals surface area contributed by atoms with Crippen molar-refractivity contribution in [1.82, 2.24) is 29.2 Å². The van der Waals surface area contributed by atoms with Gasteiger partial charge in [0, 0.05) is 71.3 Å². The van der Waals surface area contributed by atoms with Gasteiger partial charge in [0.2, 0.25) is 17.7 Å². The molecule has 3 saturated heterocycles. The fraction of sp³-hybridized carbons (Fsp3) is 0.686. The van der Waals surface area contributed by atoms with Gasteiger partial charge < -0.3 is 24.2 Å². The molecule has 48 heavy (non-hydrogen) atoms. The number of imidazole rings is 1. The van der Waals surface area contributed by atoms with Crippen LogP contribution >= 0.6 is 0 Å². The summed E-state index contributed by atoms with van der Waals surface area (Å²) in [6.07, 6.45) is 5.95. The fourth-order valence-electron chi connectivity index (χ4n) is 7.51. The first-order valence-electron chi connectivity index (χ1n) is 17.5. The van der Waals surface area contributed by atoms with Crippen molar-refractivity contribution in [2.45, 2.75) is 95.9 Å². The van der Waals surface area contributed by atoms with Crippen LogP contribution in [0.3, 0.4) is 0 Å². The van der Waals surface area contributed by atoms with Crippen molar-refractivity contribution in [2.24, 2.45) is 13.0 Å². The Bertz CT molecular complexity index is 1590. The first kappa shape index (κ1) is 34.2. The first-order valence-corrected chi connectivity index (χ1v) is 17.5. The van der Waals surface area contributed by atoms with Crippen LogP contribution in [0.5, 0.6) is 0 Å². The van der Waals surface area contributed by atoms with E-state index in [4.69, 9.17) is 9.47 Å². The number of carbonyl (C=O) groups is 4. The van der Waals surface area contributed by atoms with Gasteiger partial charge in [-0.25, -0.2) is 9.59 Å². The molecule has 4 fully saturated rings. The molecule has 0 spiro atoms. The lowest BCUT2D eigenvalue weighted by Gasteiger charge is -2.46. The second-order valence-electron chi connectivity index (χ2n) is 14.8. The Hall–Kier alpha value is -3.71. The number of hydrogen-bond donors (Lipinski definition) is 1. The maximum Gasteiger partial charge on any atom is 0.410 e. The highest BCUT2D eigenvalue weighted by molar-refractivity contribution is 6.00. The summed E-state index contributed by atoms with van der Waals surface area (Å²) < 4.78 is 14.8. The third-order valence-corrected chi connectivity index (χ3v) is 10.3. The number of rotatable bonds is 8. The van der Waals surface area contributed by atoms with E-state index < -0.39 is 17.6 Å². The lowest BCUT2D eigenvalue weighted by Crippen LogP contribution is -2.56. The van der Waals surface area contributed by atoms with E-state index in [-0.39, 0.29) is 42.0 Å². The number of aryl methyl sites for hydroxylation is 2. The number of piperidine rings is 2. The number of hydrogen-bond acceptors (Lipinski definition) is 8. The summed E-state index contributed by atoms with van der Waals surface area (Å²) in [5.74, 6) is -0.426. The Morgan fingerprint density at radius 2 is 1.60 bits per heavy atom. The van der Waals surface area contributed by atoms with Crippen LogP contribution in [0.1, 0.15) is 77.3 Å². The van der Waals surface area contributed by atoms with E-state index >= 15 is 0 Å². The molecule has 1 N–H and O–H groups in total. The monoisotopic (exact) mass is 666 g/mol. The number of aromatic nitrogens is 2. The topological polar surface area (TPSA) is 135 Å². The van der Waals surface area contributed by atoms with Crippen LogP contribution in [-0.4, -0.2) is 111 Å². The standard InChI is InChI=1S/C35H50N6O7/c1-35(2,3)48-34(46)40-17-15-39(16-18-40)32(44)24-21-25(22-24)38-13-11-26(12-14-38)47-19-5-6-23-7-8-27-29(20-23)37(4)33(45)41(27)28-9-10-30(42)36-31(28)43/h7-8,20,24-26,28H,5-6,9-19,21-22H2,1-4H3,(H,36,42,43). The number of piperazine rings is 1. The SMILES string of the molecule is Cn1c(=O)n(C2CCC(=O)NC2=O)c2ccc(CCCOC3CCN(C4CC(C(=O)N5CCN(C(=O)OC(C)(C)C)CC5)C4)CC3)cc21. The first-order chi connectivity index (χ1) is 22.9. The van der Waals surface area contributed by atoms with Crippen molar-refractivity contribution in [3.8, 4) is 0 Å². The third kappa shape index (κ3) is 7.46. The van der Waals surface area contributed by atoms with Crippen LogP contribution < -0.4 is 11.0 Å². The summed E-state index contributed by atoms with van der Waals surface area (Å²) in [5, 5.41) is 2.35. The quantitative estimate of drug-likeness (QED) is 0.336. The minimum atomic E-state index is -0.683. The minimum Gasteiger partial charge on any atom is -0.444 e. The second-order valence-corrected chi connectivity index (χ2v) is 14.8. The van der Waals surface area contributed by atoms with E-state index in [1.54, 1.807) is 16.5 Å². The molecular weight excluding hydrogens is 616 g/mol. The molecule has 1 atom stereocenters. The van der Waals surface area contributed by atoms with Crippen molar-refractivity contribution < 1.29 is 28.7 Å². The van der Waals surface area contributed by atoms with Crippen LogP contribution in [0.2, 0.25) is 0 Å². The summed E-state index contributed by atoms with van der Waals surface area (Å²) >= 11 is 0. The molecule has 1 aromatic carbocycles. The highest BCUT2D eigenvalue weighted by Gasteiger charge is 2.41. The zero-order valence-electron chi connectivity index (χ0n) is 28.7. The summed E-state index contributed by atoms with van der Waals surface area (Å²) in [4.78, 5) is 68.7. The van der Waals surface area contributed by atoms with Gasteiger partial charge in [-0.1, -0.05) is 6.07 Å². The average Bonchev–Trinajstić information content (AvgIpc) is 3.27. The average molecular weight is 667 g/mol. The summed E-state index contributed by atoms with van der Waals surface area (Å²) in [5.41, 5.74) is 1.80. The van der Waals surface area contributed by atoms with Gasteiger partial charge >= 0.3 is 11.8 Å². The molecule has 1 aliphatic carbocycles. The molecule has 3 aliphatic heterocycles. The summed E-state index contributed by atoms with van der Waals surface area (Å²) in [7, 11) is 1.71. The van der Waals surface area contributed by atoms with Crippen LogP contribution in [-0.2, 0) is 37.3 Å². The van der Waals surface area contributed by atoms with Crippen molar-refractivity contribution in [3.05, 3.63) is 34.2 Å². The molecule has 1 saturated carbocycles. The van der Waals surface area contributed by atoms with Crippen LogP contribution in [0.4, 0.5) is 4.79 Å². The van der Waals surface area contributed by atoms with E-state index in [9.17, 15) is 24.0 Å². The number of nitrogens with zero attached hydrogens (tertiary/aromatic N) is 5. The number of likely N-dealkylation sites (tertiary alicyclic amines) is 1. The van der Waals surface area contributed by atoms with E-state index in [1.165, 1.54) is 4.57 Å². The molecule has 6 rings (SSSR count). The summed E-state index contributed by atoms with van der Waals surface area (Å²) in [6, 6.07) is 5.69. The van der Waals surface area contributed by atoms with Crippen molar-refractivity contribution in [2.75, 3.05) is 45.9 Å². The van der Waals surface area contributed by atoms with Crippen molar-refractivity contribution in [1.29, 1.82) is 0 Å². The van der Waals surface area contributed by atoms with Gasteiger partial charge in [-0.2, -0.15) is 0 Å². The molecule has 1 aromatic heterocycles. The van der Waals surface area contributed by atoms with Gasteiger partial charge in [-0.15, -0.1) is 0 Å². The van der Waals surface area contributed by atoms with Crippen LogP contribution in [0, 0.1) is 5.92 Å². The summed E-state index contributed by atoms with van der Waals surface area (Å²) in [6.45, 7) is 10.4. The number of carbonyl (C=O) groups excluding carboxylic acids is 4. The second kappa shape index (κ2) is 14.0. The molecule has 4 amide bonds. The number of amides is 4. The maximum absolute atomic E-state index is 13.1. The van der Waals surface area contributed by atoms with E-state index in [2.05, 4.69) is 10.2 Å². The van der Waals surface area contributed by atoms with Crippen molar-refractivity contribution >= 4 is 34.8 Å². The van der Waals surface area contributed by atoms with Crippen molar-refractivity contribution in [3.63, 3.8) is 0 Å². The molecule has 262 valence electrons. The van der Waals surface area contributed by atoms with Gasteiger partial charge in [-0.05, 0) is 83.4 Å². The maximum atomic E-state index is 13.1. The van der Waals surface area contributed by atoms with Gasteiger partial charge in [0.05, 0.1) is 17.1 Å². The van der Waals surface area contributed by atoms with Crippen LogP contribution in [0.25, 0.3) is 11.0 Å². The van der Waals surface area contributed by atoms with E-state index in [0.717, 1.165) is 62.7 Å². The number of nitrogens with one attached hydrogen (secondary N) is 1. The highest BCUT2D eigenvalue weighted by Crippen LogP contribution is 2.35. The van der Waals surface area contributed by atoms with Crippen LogP contribution in [0.15, 0.2) is 23.0 Å². The lowest BCUT2D eigenvalue weighted by atomic mass is 9.77. The fourth-order valence-corrected chi connectivity index (χ4v) is 7.51. The van der Waals surface area contributed by atoms with E-state index in [0.29, 0.717) is 50.8 Å². The zero-order chi connectivity index (χ0) is 34.2. The minimum absolute atomic E-state index is 0.0784. The predicted molar refractivity (Wildman–Crippen MR) is 178 cm³/mol. The molecular formula is C35H50N6O7. The number of benzene rings is 1. The number of imide groups is 1. The molecule has 4 aliphatic rings.